The number of carboxylic acid groups (broad SMARTS) is 2. The van der Waals surface area contributed by atoms with Gasteiger partial charge in [-0.15, -0.1) is 15.3 Å². The maximum Gasteiger partial charge on any atom is 0.416 e. The second-order valence-corrected chi connectivity index (χ2v) is 22.1. The fourth-order valence-corrected chi connectivity index (χ4v) is 11.2. The number of benzene rings is 6. The average molecular weight is 1260 g/mol. The van der Waals surface area contributed by atoms with Crippen molar-refractivity contribution in [1.82, 2.24) is 54.0 Å². The molecule has 2 unspecified atom stereocenters. The summed E-state index contributed by atoms with van der Waals surface area (Å²) in [6.45, 7) is 3.40. The Morgan fingerprint density at radius 2 is 1.01 bits per heavy atom. The molecule has 26 heteroatoms. The number of carbonyl (C=O) groups excluding carboxylic acids is 1. The third-order valence-corrected chi connectivity index (χ3v) is 15.6. The number of aromatic nitrogens is 9. The van der Waals surface area contributed by atoms with Crippen molar-refractivity contribution < 1.29 is 55.7 Å². The highest BCUT2D eigenvalue weighted by Gasteiger charge is 2.35. The molecular weight excluding hydrogens is 1210 g/mol. The van der Waals surface area contributed by atoms with Crippen LogP contribution in [0.2, 0.25) is 0 Å². The van der Waals surface area contributed by atoms with Crippen LogP contribution in [-0.2, 0) is 17.1 Å². The number of rotatable bonds is 18. The van der Waals surface area contributed by atoms with Gasteiger partial charge in [-0.2, -0.15) is 41.3 Å². The van der Waals surface area contributed by atoms with Crippen LogP contribution >= 0.6 is 0 Å². The van der Waals surface area contributed by atoms with Gasteiger partial charge in [0.05, 0.1) is 34.1 Å². The van der Waals surface area contributed by atoms with Gasteiger partial charge in [0.15, 0.2) is 16.9 Å². The lowest BCUT2D eigenvalue weighted by molar-refractivity contribution is -0.138. The number of carbonyl (C=O) groups is 3. The van der Waals surface area contributed by atoms with Gasteiger partial charge < -0.3 is 36.2 Å². The van der Waals surface area contributed by atoms with Gasteiger partial charge in [-0.1, -0.05) is 42.0 Å². The van der Waals surface area contributed by atoms with E-state index < -0.39 is 47.6 Å². The van der Waals surface area contributed by atoms with Crippen molar-refractivity contribution in [2.24, 2.45) is 0 Å². The fraction of sp³-hybridized carbons (Fsp3) is 0.149. The summed E-state index contributed by atoms with van der Waals surface area (Å²) in [6, 6.07) is 45.3. The SMILES string of the molecule is Cc1cc(-c2cccn3nc(Nc4ccc(C(=O)O)cc4)nc23)cc(C2CN(CCCNC(=O)c3ccc(Nc4nc5c(-c6cccc(C(F)(F)F)c6)cccn5n4)cc3)CC(c3ccc(-c4cccc(C(F)(F)F)c4)c4nc(Nc5ccc(C(=O)O)cc5)nn34)O2)c1. The first-order valence-electron chi connectivity index (χ1n) is 29.0. The van der Waals surface area contributed by atoms with E-state index in [2.05, 4.69) is 41.3 Å². The van der Waals surface area contributed by atoms with E-state index in [0.29, 0.717) is 82.4 Å². The number of anilines is 6. The quantitative estimate of drug-likeness (QED) is 0.0346. The van der Waals surface area contributed by atoms with Gasteiger partial charge in [0.25, 0.3) is 5.91 Å². The molecule has 1 aliphatic heterocycles. The Kier molecular flexibility index (Phi) is 16.0. The van der Waals surface area contributed by atoms with Crippen molar-refractivity contribution in [2.45, 2.75) is 37.9 Å². The summed E-state index contributed by atoms with van der Waals surface area (Å²) in [6.07, 6.45) is -6.62. The highest BCUT2D eigenvalue weighted by molar-refractivity contribution is 5.94. The number of halogens is 6. The van der Waals surface area contributed by atoms with E-state index in [1.807, 2.05) is 37.3 Å². The molecule has 1 fully saturated rings. The van der Waals surface area contributed by atoms with Crippen molar-refractivity contribution in [3.63, 3.8) is 0 Å². The van der Waals surface area contributed by atoms with Crippen LogP contribution in [0, 0.1) is 6.92 Å². The summed E-state index contributed by atoms with van der Waals surface area (Å²) in [7, 11) is 0. The Labute approximate surface area is 523 Å². The van der Waals surface area contributed by atoms with Gasteiger partial charge in [0.2, 0.25) is 17.8 Å². The van der Waals surface area contributed by atoms with Gasteiger partial charge in [-0.3, -0.25) is 9.69 Å². The van der Waals surface area contributed by atoms with Crippen LogP contribution in [0.1, 0.15) is 77.7 Å². The average Bonchev–Trinajstić information content (AvgIpc) is 1.74. The van der Waals surface area contributed by atoms with Crippen molar-refractivity contribution in [2.75, 3.05) is 42.1 Å². The summed E-state index contributed by atoms with van der Waals surface area (Å²) in [5.74, 6) is -1.97. The molecule has 0 saturated carbocycles. The van der Waals surface area contributed by atoms with E-state index in [1.54, 1.807) is 106 Å². The van der Waals surface area contributed by atoms with Crippen molar-refractivity contribution >= 4 is 69.7 Å². The standard InChI is InChI=1S/C67H52F6N14O6/c1-38-31-44(52-12-5-30-86-58(52)79-64(82-86)76-49-21-15-40(16-22-49)61(89)90)33-45(32-38)55-36-84(28-6-27-74-60(88)39-13-19-48(20-14-39)75-63-78-57-51(11-4-29-85(57)81-63)42-7-2-9-46(34-42)66(68,69)70)37-56(93-55)54-26-25-53(43-8-3-10-47(35-43)67(71,72)73)59-80-65(83-87(54)59)77-50-23-17-41(18-24-50)62(91)92/h2-5,7-26,29-35,55-56H,6,27-28,36-37H2,1H3,(H,74,88)(H,75,81)(H,76,82)(H,77,83)(H,89,90)(H,91,92). The topological polar surface area (TPSA) is 243 Å². The number of aryl methyl sites for hydroxylation is 1. The monoisotopic (exact) mass is 1260 g/mol. The first kappa shape index (κ1) is 60.4. The van der Waals surface area contributed by atoms with Crippen LogP contribution in [0.15, 0.2) is 188 Å². The molecule has 0 spiro atoms. The molecule has 2 atom stereocenters. The number of morpholine rings is 1. The Hall–Kier alpha value is -11.5. The molecule has 13 rings (SSSR count). The maximum atomic E-state index is 14.2. The number of nitrogens with zero attached hydrogens (tertiary/aromatic N) is 10. The second kappa shape index (κ2) is 24.7. The number of pyridine rings is 3. The summed E-state index contributed by atoms with van der Waals surface area (Å²) in [5, 5.41) is 45.3. The zero-order chi connectivity index (χ0) is 64.7. The number of hydrogen-bond donors (Lipinski definition) is 6. The molecule has 6 N–H and O–H groups in total. The minimum absolute atomic E-state index is 0.0517. The molecule has 468 valence electrons. The number of alkyl halides is 6. The molecule has 1 saturated heterocycles. The number of ether oxygens (including phenoxy) is 1. The Morgan fingerprint density at radius 3 is 1.54 bits per heavy atom. The molecule has 6 aromatic heterocycles. The number of carboxylic acids is 2. The number of aromatic carboxylic acids is 2. The Balaban J connectivity index is 0.771. The van der Waals surface area contributed by atoms with Crippen LogP contribution in [0.25, 0.3) is 50.3 Å². The highest BCUT2D eigenvalue weighted by atomic mass is 19.4. The summed E-state index contributed by atoms with van der Waals surface area (Å²) >= 11 is 0. The fourth-order valence-electron chi connectivity index (χ4n) is 11.2. The second-order valence-electron chi connectivity index (χ2n) is 22.1. The maximum absolute atomic E-state index is 14.2. The minimum atomic E-state index is -4.64. The van der Waals surface area contributed by atoms with E-state index >= 15 is 0 Å². The lowest BCUT2D eigenvalue weighted by Crippen LogP contribution is -2.42. The van der Waals surface area contributed by atoms with Crippen LogP contribution < -0.4 is 21.3 Å². The third kappa shape index (κ3) is 13.1. The molecule has 93 heavy (non-hydrogen) atoms. The van der Waals surface area contributed by atoms with Crippen LogP contribution in [0.5, 0.6) is 0 Å². The molecule has 12 aromatic rings. The first-order chi connectivity index (χ1) is 44.7. The molecule has 20 nitrogen and oxygen atoms in total. The van der Waals surface area contributed by atoms with E-state index in [1.165, 1.54) is 40.9 Å². The summed E-state index contributed by atoms with van der Waals surface area (Å²) < 4.78 is 95.1. The molecule has 1 aliphatic rings. The van der Waals surface area contributed by atoms with Crippen molar-refractivity contribution in [3.8, 4) is 33.4 Å². The van der Waals surface area contributed by atoms with E-state index in [0.717, 1.165) is 46.5 Å². The smallest absolute Gasteiger partial charge is 0.416 e. The number of amides is 1. The molecule has 6 aromatic carbocycles. The number of fused-ring (bicyclic) bond motifs is 3. The largest absolute Gasteiger partial charge is 0.478 e. The van der Waals surface area contributed by atoms with E-state index in [4.69, 9.17) is 19.8 Å². The summed E-state index contributed by atoms with van der Waals surface area (Å²) in [4.78, 5) is 53.3. The normalized spacial score (nSPS) is 14.6. The van der Waals surface area contributed by atoms with Gasteiger partial charge in [0, 0.05) is 77.9 Å². The molecule has 0 bridgehead atoms. The molecule has 0 radical (unpaired) electrons. The van der Waals surface area contributed by atoms with Gasteiger partial charge >= 0.3 is 24.3 Å². The Morgan fingerprint density at radius 1 is 0.527 bits per heavy atom. The lowest BCUT2D eigenvalue weighted by atomic mass is 9.96. The molecular formula is C67H52F6N14O6. The molecule has 7 heterocycles. The van der Waals surface area contributed by atoms with Crippen molar-refractivity contribution in [1.29, 1.82) is 0 Å². The molecule has 0 aliphatic carbocycles. The zero-order valence-electron chi connectivity index (χ0n) is 48.9. The highest BCUT2D eigenvalue weighted by Crippen LogP contribution is 2.40. The first-order valence-corrected chi connectivity index (χ1v) is 29.0. The van der Waals surface area contributed by atoms with Gasteiger partial charge in [-0.05, 0) is 175 Å². The van der Waals surface area contributed by atoms with Crippen molar-refractivity contribution in [3.05, 3.63) is 233 Å². The molecule has 1 amide bonds. The zero-order valence-corrected chi connectivity index (χ0v) is 48.9. The van der Waals surface area contributed by atoms with E-state index in [-0.39, 0.29) is 52.6 Å². The van der Waals surface area contributed by atoms with Crippen LogP contribution in [0.3, 0.4) is 0 Å². The Bertz CT molecular complexity index is 4820. The van der Waals surface area contributed by atoms with Gasteiger partial charge in [-0.25, -0.2) is 23.1 Å². The number of hydrogen-bond acceptors (Lipinski definition) is 14. The lowest BCUT2D eigenvalue weighted by Gasteiger charge is -2.38. The minimum Gasteiger partial charge on any atom is -0.478 e. The van der Waals surface area contributed by atoms with Crippen LogP contribution in [0.4, 0.5) is 61.2 Å². The van der Waals surface area contributed by atoms with Gasteiger partial charge in [0.1, 0.15) is 6.10 Å². The predicted molar refractivity (Wildman–Crippen MR) is 333 cm³/mol. The predicted octanol–water partition coefficient (Wildman–Crippen LogP) is 13.7. The summed E-state index contributed by atoms with van der Waals surface area (Å²) in [5.41, 5.74) is 6.69. The third-order valence-electron chi connectivity index (χ3n) is 15.6. The number of nitrogens with one attached hydrogen (secondary N) is 4. The van der Waals surface area contributed by atoms with Crippen LogP contribution in [-0.4, -0.2) is 103 Å². The van der Waals surface area contributed by atoms with E-state index in [9.17, 15) is 50.9 Å².